The number of benzene rings is 3. The quantitative estimate of drug-likeness (QED) is 0.0650. The van der Waals surface area contributed by atoms with Gasteiger partial charge in [0, 0.05) is 37.5 Å². The molecule has 4 heterocycles. The number of thiocarbonyl (C=S) groups is 1. The number of carbonyl (C=O) groups excluding carboxylic acids is 5. The van der Waals surface area contributed by atoms with E-state index in [1.54, 1.807) is 16.8 Å². The highest BCUT2D eigenvalue weighted by molar-refractivity contribution is 7.81. The van der Waals surface area contributed by atoms with Crippen LogP contribution < -0.4 is 25.8 Å². The summed E-state index contributed by atoms with van der Waals surface area (Å²) in [6.45, 7) is 10.7. The molecule has 0 spiro atoms. The molecule has 1 saturated carbocycles. The zero-order chi connectivity index (χ0) is 55.9. The van der Waals surface area contributed by atoms with Crippen molar-refractivity contribution < 1.29 is 51.0 Å². The molecule has 1 aliphatic carbocycles. The normalized spacial score (nSPS) is 20.0. The molecule has 77 heavy (non-hydrogen) atoms. The van der Waals surface area contributed by atoms with Crippen LogP contribution in [0.3, 0.4) is 0 Å². The van der Waals surface area contributed by atoms with Crippen LogP contribution in [0.4, 0.5) is 33.3 Å². The molecule has 3 aromatic carbocycles. The van der Waals surface area contributed by atoms with E-state index in [1.165, 1.54) is 60.2 Å². The van der Waals surface area contributed by atoms with Gasteiger partial charge in [0.15, 0.2) is 10.9 Å². The predicted molar refractivity (Wildman–Crippen MR) is 282 cm³/mol. The summed E-state index contributed by atoms with van der Waals surface area (Å²) in [5.41, 5.74) is -0.699. The Morgan fingerprint density at radius 1 is 0.935 bits per heavy atom. The summed E-state index contributed by atoms with van der Waals surface area (Å²) in [5.74, 6) is -5.78. The second-order valence-corrected chi connectivity index (χ2v) is 22.4. The van der Waals surface area contributed by atoms with Gasteiger partial charge in [-0.3, -0.25) is 33.9 Å². The molecular formula is C55H56F5N9O6S2. The molecule has 4 N–H and O–H groups in total. The maximum atomic E-state index is 15.6. The molecule has 2 aromatic heterocycles. The number of aliphatic hydroxyl groups excluding tert-OH is 1. The van der Waals surface area contributed by atoms with Gasteiger partial charge < -0.3 is 30.9 Å². The van der Waals surface area contributed by atoms with Crippen molar-refractivity contribution in [2.75, 3.05) is 22.9 Å². The molecule has 404 valence electrons. The molecule has 2 aliphatic heterocycles. The Labute approximate surface area is 450 Å². The minimum Gasteiger partial charge on any atom is -0.391 e. The van der Waals surface area contributed by atoms with E-state index >= 15 is 8.78 Å². The van der Waals surface area contributed by atoms with Crippen molar-refractivity contribution in [2.24, 2.45) is 17.3 Å². The standard InChI is InChI=1S/C55H56F5N9O6S2/c1-29-45(77-28-65-29)32-11-7-30(8-12-32)25-64-49(73)42-22-37(70)27-67(42)50(74)46(53(2,3)4)66-47(71)33-13-9-31(10-14-33)24-63-48(72)38-18-15-34(21-39(38)56)40-19-17-36(26-62-40)69-52(76)68(51(75)54(69,5)6)41-20-16-35(23-61)43(44(41)57)55(58,59)60/h7-8,11-12,15-21,26,28,31,33,37,42,46,70H,9-10,13-14,22,24-25,27H2,1-6H3,(H,63,72)(H,64,73)(H,66,71)/t31-,33-,37-,42+,46-/m1/s1. The van der Waals surface area contributed by atoms with Crippen molar-refractivity contribution in [3.8, 4) is 27.8 Å². The average Bonchev–Trinajstić information content (AvgIpc) is 4.07. The number of aromatic nitrogens is 2. The van der Waals surface area contributed by atoms with Gasteiger partial charge in [0.05, 0.1) is 62.6 Å². The van der Waals surface area contributed by atoms with Gasteiger partial charge in [0.25, 0.3) is 11.8 Å². The van der Waals surface area contributed by atoms with Gasteiger partial charge in [-0.2, -0.15) is 18.4 Å². The first-order valence-electron chi connectivity index (χ1n) is 24.9. The molecule has 2 saturated heterocycles. The summed E-state index contributed by atoms with van der Waals surface area (Å²) in [4.78, 5) is 81.6. The van der Waals surface area contributed by atoms with Crippen LogP contribution in [0.5, 0.6) is 0 Å². The summed E-state index contributed by atoms with van der Waals surface area (Å²) >= 11 is 7.06. The second kappa shape index (κ2) is 22.0. The van der Waals surface area contributed by atoms with Crippen molar-refractivity contribution in [3.63, 3.8) is 0 Å². The van der Waals surface area contributed by atoms with E-state index in [4.69, 9.17) is 12.2 Å². The van der Waals surface area contributed by atoms with Gasteiger partial charge >= 0.3 is 6.18 Å². The molecule has 15 nitrogen and oxygen atoms in total. The van der Waals surface area contributed by atoms with Crippen LogP contribution in [0.1, 0.15) is 99.5 Å². The fourth-order valence-electron chi connectivity index (χ4n) is 10.1. The lowest BCUT2D eigenvalue weighted by atomic mass is 9.80. The molecule has 5 aromatic rings. The molecule has 3 atom stereocenters. The Bertz CT molecular complexity index is 3170. The lowest BCUT2D eigenvalue weighted by Crippen LogP contribution is -2.58. The summed E-state index contributed by atoms with van der Waals surface area (Å²) < 4.78 is 72.5. The lowest BCUT2D eigenvalue weighted by Gasteiger charge is -2.37. The zero-order valence-corrected chi connectivity index (χ0v) is 44.6. The zero-order valence-electron chi connectivity index (χ0n) is 42.9. The number of nitriles is 1. The van der Waals surface area contributed by atoms with Gasteiger partial charge in [0.2, 0.25) is 17.7 Å². The Hall–Kier alpha value is -7.22. The molecule has 0 radical (unpaired) electrons. The Morgan fingerprint density at radius 2 is 1.62 bits per heavy atom. The SMILES string of the molecule is Cc1ncsc1-c1ccc(CNC(=O)[C@@H]2C[C@@H](O)CN2C(=O)[C@@H](NC(=O)[C@H]2CC[C@H](CNC(=O)c3ccc(-c4ccc(N5C(=S)N(c6ccc(C#N)c(C(F)(F)F)c6F)C(=O)C5(C)C)cn4)cc3F)CC2)C(C)(C)C)cc1. The molecule has 0 unspecified atom stereocenters. The fraction of sp³-hybridized carbons (Fsp3) is 0.400. The summed E-state index contributed by atoms with van der Waals surface area (Å²) in [6, 6.07) is 15.7. The molecule has 3 aliphatic rings. The highest BCUT2D eigenvalue weighted by Crippen LogP contribution is 2.42. The third-order valence-electron chi connectivity index (χ3n) is 14.4. The van der Waals surface area contributed by atoms with E-state index in [2.05, 4.69) is 25.9 Å². The molecule has 22 heteroatoms. The number of nitrogens with one attached hydrogen (secondary N) is 3. The van der Waals surface area contributed by atoms with Crippen LogP contribution in [-0.2, 0) is 31.9 Å². The van der Waals surface area contributed by atoms with Crippen LogP contribution >= 0.6 is 23.6 Å². The third-order valence-corrected chi connectivity index (χ3v) is 15.8. The molecule has 0 bridgehead atoms. The van der Waals surface area contributed by atoms with Crippen molar-refractivity contribution >= 4 is 69.6 Å². The number of aliphatic hydroxyl groups is 1. The van der Waals surface area contributed by atoms with Crippen molar-refractivity contribution in [2.45, 2.75) is 110 Å². The number of thiazole rings is 1. The predicted octanol–water partition coefficient (Wildman–Crippen LogP) is 8.61. The number of amides is 5. The van der Waals surface area contributed by atoms with Gasteiger partial charge in [-0.05, 0) is 118 Å². The number of anilines is 2. The number of β-amino-alcohol motifs (C(OH)–C–C–N with tert-alkyl or cyclic N) is 1. The number of carbonyl (C=O) groups is 5. The Kier molecular flexibility index (Phi) is 16.0. The van der Waals surface area contributed by atoms with Gasteiger partial charge in [-0.15, -0.1) is 11.3 Å². The smallest absolute Gasteiger partial charge is 0.391 e. The minimum atomic E-state index is -5.24. The number of aryl methyl sites for hydroxylation is 1. The van der Waals surface area contributed by atoms with E-state index < -0.39 is 93.3 Å². The highest BCUT2D eigenvalue weighted by atomic mass is 32.1. The summed E-state index contributed by atoms with van der Waals surface area (Å²) in [6.07, 6.45) is -2.72. The van der Waals surface area contributed by atoms with Crippen LogP contribution in [0.15, 0.2) is 78.4 Å². The summed E-state index contributed by atoms with van der Waals surface area (Å²) in [5, 5.41) is 28.2. The number of rotatable bonds is 13. The first-order valence-corrected chi connectivity index (χ1v) is 26.2. The van der Waals surface area contributed by atoms with Crippen molar-refractivity contribution in [1.29, 1.82) is 5.26 Å². The van der Waals surface area contributed by atoms with Crippen LogP contribution in [-0.4, -0.2) is 91.4 Å². The van der Waals surface area contributed by atoms with E-state index in [-0.39, 0.29) is 65.5 Å². The first-order chi connectivity index (χ1) is 36.3. The number of likely N-dealkylation sites (tertiary alicyclic amines) is 1. The average molecular weight is 1100 g/mol. The van der Waals surface area contributed by atoms with E-state index in [0.717, 1.165) is 39.9 Å². The number of halogens is 5. The third kappa shape index (κ3) is 11.6. The second-order valence-electron chi connectivity index (χ2n) is 21.2. The van der Waals surface area contributed by atoms with Crippen LogP contribution in [0, 0.1) is 47.1 Å². The number of hydrogen-bond donors (Lipinski definition) is 4. The van der Waals surface area contributed by atoms with E-state index in [9.17, 15) is 47.5 Å². The highest BCUT2D eigenvalue weighted by Gasteiger charge is 2.52. The van der Waals surface area contributed by atoms with Gasteiger partial charge in [-0.1, -0.05) is 51.1 Å². The lowest BCUT2D eigenvalue weighted by molar-refractivity contribution is -0.144. The Balaban J connectivity index is 0.830. The van der Waals surface area contributed by atoms with E-state index in [1.807, 2.05) is 52.0 Å². The number of nitrogens with zero attached hydrogens (tertiary/aromatic N) is 6. The summed E-state index contributed by atoms with van der Waals surface area (Å²) in [7, 11) is 0. The Morgan fingerprint density at radius 3 is 2.22 bits per heavy atom. The van der Waals surface area contributed by atoms with Crippen LogP contribution in [0.2, 0.25) is 0 Å². The van der Waals surface area contributed by atoms with Gasteiger partial charge in [0.1, 0.15) is 29.0 Å². The van der Waals surface area contributed by atoms with Crippen molar-refractivity contribution in [1.82, 2.24) is 30.8 Å². The molecule has 8 rings (SSSR count). The maximum absolute atomic E-state index is 15.6. The van der Waals surface area contributed by atoms with Gasteiger partial charge in [-0.25, -0.2) is 13.8 Å². The number of hydrogen-bond acceptors (Lipinski definition) is 11. The number of pyridine rings is 1. The maximum Gasteiger partial charge on any atom is 0.420 e. The van der Waals surface area contributed by atoms with E-state index in [0.29, 0.717) is 30.6 Å². The molecular weight excluding hydrogens is 1040 g/mol. The van der Waals surface area contributed by atoms with Crippen LogP contribution in [0.25, 0.3) is 21.7 Å². The molecule has 3 fully saturated rings. The number of alkyl halides is 3. The monoisotopic (exact) mass is 1100 g/mol. The largest absolute Gasteiger partial charge is 0.420 e. The minimum absolute atomic E-state index is 0.0183. The molecule has 5 amide bonds. The fourth-order valence-corrected chi connectivity index (χ4v) is 11.4. The van der Waals surface area contributed by atoms with Crippen molar-refractivity contribution in [3.05, 3.63) is 118 Å². The topological polar surface area (TPSA) is 201 Å². The first kappa shape index (κ1) is 56.0.